The van der Waals surface area contributed by atoms with Crippen molar-refractivity contribution in [1.82, 2.24) is 4.90 Å². The molecule has 1 aliphatic carbocycles. The third kappa shape index (κ3) is 4.65. The Morgan fingerprint density at radius 1 is 1.47 bits per heavy atom. The number of rotatable bonds is 6. The minimum atomic E-state index is -0.697. The summed E-state index contributed by atoms with van der Waals surface area (Å²) >= 11 is 0. The maximum absolute atomic E-state index is 10.7. The summed E-state index contributed by atoms with van der Waals surface area (Å²) in [6.45, 7) is 6.05. The molecule has 0 unspecified atom stereocenters. The van der Waals surface area contributed by atoms with Crippen molar-refractivity contribution in [2.75, 3.05) is 20.1 Å². The summed E-state index contributed by atoms with van der Waals surface area (Å²) < 4.78 is 0. The van der Waals surface area contributed by atoms with Crippen molar-refractivity contribution < 1.29 is 9.90 Å². The second-order valence-corrected chi connectivity index (χ2v) is 5.73. The molecule has 0 radical (unpaired) electrons. The molecule has 15 heavy (non-hydrogen) atoms. The van der Waals surface area contributed by atoms with Crippen LogP contribution >= 0.6 is 0 Å². The van der Waals surface area contributed by atoms with Crippen molar-refractivity contribution in [3.63, 3.8) is 0 Å². The Morgan fingerprint density at radius 3 is 2.47 bits per heavy atom. The van der Waals surface area contributed by atoms with E-state index in [1.807, 2.05) is 13.8 Å². The second kappa shape index (κ2) is 4.97. The van der Waals surface area contributed by atoms with E-state index in [9.17, 15) is 4.79 Å². The molecule has 1 fully saturated rings. The summed E-state index contributed by atoms with van der Waals surface area (Å²) in [6, 6.07) is 0. The Hall–Kier alpha value is -0.570. The number of nitrogens with zero attached hydrogens (tertiary/aromatic N) is 1. The van der Waals surface area contributed by atoms with Crippen molar-refractivity contribution >= 4 is 5.97 Å². The predicted octanol–water partition coefficient (Wildman–Crippen LogP) is 2.22. The molecule has 0 aliphatic heterocycles. The van der Waals surface area contributed by atoms with Gasteiger partial charge in [0.2, 0.25) is 0 Å². The van der Waals surface area contributed by atoms with Crippen LogP contribution in [0.5, 0.6) is 0 Å². The van der Waals surface area contributed by atoms with Crippen molar-refractivity contribution in [1.29, 1.82) is 0 Å². The van der Waals surface area contributed by atoms with E-state index >= 15 is 0 Å². The van der Waals surface area contributed by atoms with Gasteiger partial charge in [-0.1, -0.05) is 20.3 Å². The highest BCUT2D eigenvalue weighted by atomic mass is 16.4. The number of carboxylic acid groups (broad SMARTS) is 1. The van der Waals surface area contributed by atoms with Crippen LogP contribution < -0.4 is 0 Å². The number of hydrogen-bond donors (Lipinski definition) is 1. The van der Waals surface area contributed by atoms with Gasteiger partial charge >= 0.3 is 5.97 Å². The smallest absolute Gasteiger partial charge is 0.303 e. The first kappa shape index (κ1) is 12.5. The SMILES string of the molecule is CN(CC1CCC1)CC(C)(C)CC(=O)O. The molecule has 0 aromatic heterocycles. The quantitative estimate of drug-likeness (QED) is 0.735. The van der Waals surface area contributed by atoms with Gasteiger partial charge in [0.1, 0.15) is 0 Å². The molecule has 0 atom stereocenters. The van der Waals surface area contributed by atoms with Crippen LogP contribution in [0.2, 0.25) is 0 Å². The molecular weight excluding hydrogens is 190 g/mol. The minimum absolute atomic E-state index is 0.121. The van der Waals surface area contributed by atoms with Gasteiger partial charge in [-0.2, -0.15) is 0 Å². The van der Waals surface area contributed by atoms with E-state index in [1.54, 1.807) is 0 Å². The molecule has 0 amide bonds. The van der Waals surface area contributed by atoms with Gasteiger partial charge in [0, 0.05) is 13.1 Å². The lowest BCUT2D eigenvalue weighted by molar-refractivity contribution is -0.139. The molecule has 0 bridgehead atoms. The molecule has 3 heteroatoms. The predicted molar refractivity (Wildman–Crippen MR) is 60.9 cm³/mol. The standard InChI is InChI=1S/C12H23NO2/c1-12(2,7-11(14)15)9-13(3)8-10-5-4-6-10/h10H,4-9H2,1-3H3,(H,14,15). The zero-order valence-corrected chi connectivity index (χ0v) is 10.1. The van der Waals surface area contributed by atoms with E-state index in [-0.39, 0.29) is 11.8 Å². The summed E-state index contributed by atoms with van der Waals surface area (Å²) in [4.78, 5) is 13.0. The van der Waals surface area contributed by atoms with Crippen molar-refractivity contribution in [3.8, 4) is 0 Å². The molecule has 0 heterocycles. The average molecular weight is 213 g/mol. The highest BCUT2D eigenvalue weighted by Crippen LogP contribution is 2.28. The van der Waals surface area contributed by atoms with Gasteiger partial charge in [0.05, 0.1) is 6.42 Å². The molecule has 3 nitrogen and oxygen atoms in total. The van der Waals surface area contributed by atoms with Crippen LogP contribution in [0.15, 0.2) is 0 Å². The molecule has 1 saturated carbocycles. The number of hydrogen-bond acceptors (Lipinski definition) is 2. The molecule has 88 valence electrons. The molecule has 0 aromatic carbocycles. The Labute approximate surface area is 92.5 Å². The Kier molecular flexibility index (Phi) is 4.14. The number of carboxylic acids is 1. The summed E-state index contributed by atoms with van der Waals surface area (Å²) in [5.41, 5.74) is -0.121. The summed E-state index contributed by atoms with van der Waals surface area (Å²) in [5, 5.41) is 8.78. The van der Waals surface area contributed by atoms with Gasteiger partial charge in [0.15, 0.2) is 0 Å². The van der Waals surface area contributed by atoms with E-state index in [0.717, 1.165) is 19.0 Å². The lowest BCUT2D eigenvalue weighted by Gasteiger charge is -2.34. The second-order valence-electron chi connectivity index (χ2n) is 5.73. The van der Waals surface area contributed by atoms with Gasteiger partial charge in [-0.15, -0.1) is 0 Å². The fraction of sp³-hybridized carbons (Fsp3) is 0.917. The first-order valence-electron chi connectivity index (χ1n) is 5.79. The lowest BCUT2D eigenvalue weighted by atomic mass is 9.84. The number of aliphatic carboxylic acids is 1. The molecular formula is C12H23NO2. The van der Waals surface area contributed by atoms with Crippen molar-refractivity contribution in [2.24, 2.45) is 11.3 Å². The topological polar surface area (TPSA) is 40.5 Å². The van der Waals surface area contributed by atoms with E-state index < -0.39 is 5.97 Å². The third-order valence-electron chi connectivity index (χ3n) is 3.12. The van der Waals surface area contributed by atoms with Crippen LogP contribution in [-0.2, 0) is 4.79 Å². The van der Waals surface area contributed by atoms with Gasteiger partial charge in [0.25, 0.3) is 0 Å². The zero-order chi connectivity index (χ0) is 11.5. The van der Waals surface area contributed by atoms with Crippen molar-refractivity contribution in [3.05, 3.63) is 0 Å². The molecule has 0 aromatic rings. The van der Waals surface area contributed by atoms with E-state index in [0.29, 0.717) is 0 Å². The minimum Gasteiger partial charge on any atom is -0.481 e. The maximum Gasteiger partial charge on any atom is 0.303 e. The lowest BCUT2D eigenvalue weighted by Crippen LogP contribution is -2.37. The maximum atomic E-state index is 10.7. The fourth-order valence-corrected chi connectivity index (χ4v) is 2.38. The summed E-state index contributed by atoms with van der Waals surface area (Å²) in [6.07, 6.45) is 4.33. The summed E-state index contributed by atoms with van der Waals surface area (Å²) in [7, 11) is 2.10. The van der Waals surface area contributed by atoms with Gasteiger partial charge in [-0.3, -0.25) is 4.79 Å². The highest BCUT2D eigenvalue weighted by Gasteiger charge is 2.26. The normalized spacial score (nSPS) is 17.9. The van der Waals surface area contributed by atoms with Gasteiger partial charge in [-0.05, 0) is 31.2 Å². The van der Waals surface area contributed by atoms with Crippen LogP contribution in [0.3, 0.4) is 0 Å². The van der Waals surface area contributed by atoms with Crippen LogP contribution in [0.1, 0.15) is 39.5 Å². The van der Waals surface area contributed by atoms with Crippen LogP contribution in [0, 0.1) is 11.3 Å². The first-order valence-corrected chi connectivity index (χ1v) is 5.79. The van der Waals surface area contributed by atoms with Crippen LogP contribution in [0.4, 0.5) is 0 Å². The van der Waals surface area contributed by atoms with E-state index in [1.165, 1.54) is 19.3 Å². The third-order valence-corrected chi connectivity index (χ3v) is 3.12. The van der Waals surface area contributed by atoms with Crippen molar-refractivity contribution in [2.45, 2.75) is 39.5 Å². The van der Waals surface area contributed by atoms with Crippen LogP contribution in [0.25, 0.3) is 0 Å². The zero-order valence-electron chi connectivity index (χ0n) is 10.1. The van der Waals surface area contributed by atoms with Crippen LogP contribution in [-0.4, -0.2) is 36.1 Å². The number of carbonyl (C=O) groups is 1. The monoisotopic (exact) mass is 213 g/mol. The fourth-order valence-electron chi connectivity index (χ4n) is 2.38. The van der Waals surface area contributed by atoms with Gasteiger partial charge in [-0.25, -0.2) is 0 Å². The molecule has 1 rings (SSSR count). The average Bonchev–Trinajstić information content (AvgIpc) is 1.92. The molecule has 0 saturated heterocycles. The Morgan fingerprint density at radius 2 is 2.07 bits per heavy atom. The van der Waals surface area contributed by atoms with E-state index in [2.05, 4.69) is 11.9 Å². The molecule has 1 aliphatic rings. The molecule has 0 spiro atoms. The Bertz CT molecular complexity index is 222. The summed E-state index contributed by atoms with van der Waals surface area (Å²) in [5.74, 6) is 0.160. The first-order chi connectivity index (χ1) is 6.89. The highest BCUT2D eigenvalue weighted by molar-refractivity contribution is 5.67. The van der Waals surface area contributed by atoms with E-state index in [4.69, 9.17) is 5.11 Å². The largest absolute Gasteiger partial charge is 0.481 e. The Balaban J connectivity index is 2.27. The molecule has 1 N–H and O–H groups in total. The van der Waals surface area contributed by atoms with Gasteiger partial charge < -0.3 is 10.0 Å².